The third-order valence-corrected chi connectivity index (χ3v) is 10.1. The molecule has 0 amide bonds. The predicted molar refractivity (Wildman–Crippen MR) is 229 cm³/mol. The van der Waals surface area contributed by atoms with Crippen molar-refractivity contribution in [2.45, 2.75) is 59.3 Å². The van der Waals surface area contributed by atoms with Gasteiger partial charge in [0.1, 0.15) is 0 Å². The van der Waals surface area contributed by atoms with Crippen molar-refractivity contribution in [3.05, 3.63) is 193 Å². The molecule has 0 atom stereocenters. The summed E-state index contributed by atoms with van der Waals surface area (Å²) in [6.07, 6.45) is 7.12. The van der Waals surface area contributed by atoms with E-state index < -0.39 is 0 Å². The Morgan fingerprint density at radius 3 is 0.943 bits per heavy atom. The summed E-state index contributed by atoms with van der Waals surface area (Å²) in [4.78, 5) is 4.68. The number of rotatable bonds is 14. The zero-order valence-electron chi connectivity index (χ0n) is 31.4. The molecule has 0 aliphatic rings. The summed E-state index contributed by atoms with van der Waals surface area (Å²) in [5, 5.41) is 0. The van der Waals surface area contributed by atoms with Crippen molar-refractivity contribution in [2.24, 2.45) is 0 Å². The lowest BCUT2D eigenvalue weighted by Crippen LogP contribution is -2.10. The van der Waals surface area contributed by atoms with Crippen LogP contribution in [-0.4, -0.2) is 0 Å². The van der Waals surface area contributed by atoms with E-state index in [4.69, 9.17) is 0 Å². The van der Waals surface area contributed by atoms with Crippen molar-refractivity contribution in [1.82, 2.24) is 0 Å². The first-order valence-electron chi connectivity index (χ1n) is 19.3. The van der Waals surface area contributed by atoms with Gasteiger partial charge in [0.05, 0.1) is 0 Å². The highest BCUT2D eigenvalue weighted by Gasteiger charge is 2.15. The van der Waals surface area contributed by atoms with Crippen LogP contribution in [0.3, 0.4) is 0 Å². The Kier molecular flexibility index (Phi) is 11.5. The maximum Gasteiger partial charge on any atom is 0.0462 e. The van der Waals surface area contributed by atoms with E-state index in [0.29, 0.717) is 0 Å². The zero-order chi connectivity index (χ0) is 36.4. The molecule has 264 valence electrons. The van der Waals surface area contributed by atoms with Crippen LogP contribution in [0.5, 0.6) is 0 Å². The van der Waals surface area contributed by atoms with E-state index in [1.165, 1.54) is 76.0 Å². The van der Waals surface area contributed by atoms with Crippen LogP contribution in [0, 0.1) is 6.92 Å². The van der Waals surface area contributed by atoms with Crippen LogP contribution >= 0.6 is 0 Å². The van der Waals surface area contributed by atoms with Gasteiger partial charge in [-0.25, -0.2) is 0 Å². The number of para-hydroxylation sites is 1. The Morgan fingerprint density at radius 1 is 0.321 bits per heavy atom. The van der Waals surface area contributed by atoms with E-state index in [-0.39, 0.29) is 0 Å². The van der Waals surface area contributed by atoms with Crippen LogP contribution in [-0.2, 0) is 12.8 Å². The topological polar surface area (TPSA) is 6.48 Å². The van der Waals surface area contributed by atoms with Crippen LogP contribution in [0.15, 0.2) is 176 Å². The molecule has 0 aliphatic carbocycles. The number of nitrogens with zero attached hydrogens (tertiary/aromatic N) is 2. The van der Waals surface area contributed by atoms with Crippen molar-refractivity contribution in [1.29, 1.82) is 0 Å². The molecule has 0 N–H and O–H groups in total. The third kappa shape index (κ3) is 8.62. The van der Waals surface area contributed by atoms with Crippen molar-refractivity contribution in [2.75, 3.05) is 9.80 Å². The third-order valence-electron chi connectivity index (χ3n) is 10.1. The summed E-state index contributed by atoms with van der Waals surface area (Å²) < 4.78 is 0. The minimum atomic E-state index is 1.13. The molecule has 2 heteroatoms. The zero-order valence-corrected chi connectivity index (χ0v) is 31.4. The van der Waals surface area contributed by atoms with Gasteiger partial charge >= 0.3 is 0 Å². The molecule has 0 radical (unpaired) electrons. The summed E-state index contributed by atoms with van der Waals surface area (Å²) in [6.45, 7) is 6.64. The van der Waals surface area contributed by atoms with Gasteiger partial charge in [-0.1, -0.05) is 135 Å². The minimum Gasteiger partial charge on any atom is -0.311 e. The van der Waals surface area contributed by atoms with Crippen molar-refractivity contribution in [3.8, 4) is 22.3 Å². The summed E-state index contributed by atoms with van der Waals surface area (Å²) in [5.41, 5.74) is 15.8. The fraction of sp³-hybridized carbons (Fsp3) is 0.176. The number of anilines is 6. The van der Waals surface area contributed by atoms with E-state index in [9.17, 15) is 0 Å². The lowest BCUT2D eigenvalue weighted by molar-refractivity contribution is 0.795. The molecule has 7 aromatic carbocycles. The first-order chi connectivity index (χ1) is 26.1. The van der Waals surface area contributed by atoms with Gasteiger partial charge in [0.2, 0.25) is 0 Å². The fourth-order valence-corrected chi connectivity index (χ4v) is 7.01. The van der Waals surface area contributed by atoms with Crippen LogP contribution in [0.25, 0.3) is 22.3 Å². The number of hydrogen-bond acceptors (Lipinski definition) is 2. The van der Waals surface area contributed by atoms with Gasteiger partial charge in [-0.15, -0.1) is 0 Å². The van der Waals surface area contributed by atoms with E-state index in [2.05, 4.69) is 206 Å². The number of unbranched alkanes of at least 4 members (excludes halogenated alkanes) is 2. The first-order valence-corrected chi connectivity index (χ1v) is 19.3. The van der Waals surface area contributed by atoms with E-state index >= 15 is 0 Å². The van der Waals surface area contributed by atoms with Crippen LogP contribution < -0.4 is 9.80 Å². The molecule has 0 fully saturated rings. The molecular formula is C51H50N2. The second-order valence-corrected chi connectivity index (χ2v) is 14.1. The second-order valence-electron chi connectivity index (χ2n) is 14.1. The Labute approximate surface area is 317 Å². The monoisotopic (exact) mass is 690 g/mol. The van der Waals surface area contributed by atoms with Gasteiger partial charge < -0.3 is 9.80 Å². The molecular weight excluding hydrogens is 641 g/mol. The summed E-state index contributed by atoms with van der Waals surface area (Å²) >= 11 is 0. The molecule has 7 rings (SSSR count). The van der Waals surface area contributed by atoms with Crippen LogP contribution in [0.2, 0.25) is 0 Å². The maximum absolute atomic E-state index is 2.35. The summed E-state index contributed by atoms with van der Waals surface area (Å²) in [7, 11) is 0. The summed E-state index contributed by atoms with van der Waals surface area (Å²) in [5.74, 6) is 0. The molecule has 0 heterocycles. The summed E-state index contributed by atoms with van der Waals surface area (Å²) in [6, 6.07) is 64.4. The molecule has 53 heavy (non-hydrogen) atoms. The predicted octanol–water partition coefficient (Wildman–Crippen LogP) is 15.0. The number of aryl methyl sites for hydroxylation is 3. The highest BCUT2D eigenvalue weighted by molar-refractivity contribution is 5.81. The smallest absolute Gasteiger partial charge is 0.0462 e. The average Bonchev–Trinajstić information content (AvgIpc) is 3.22. The van der Waals surface area contributed by atoms with E-state index in [1.54, 1.807) is 0 Å². The first kappa shape index (κ1) is 35.5. The van der Waals surface area contributed by atoms with Gasteiger partial charge in [0.15, 0.2) is 0 Å². The van der Waals surface area contributed by atoms with Gasteiger partial charge in [0, 0.05) is 34.1 Å². The number of benzene rings is 7. The Balaban J connectivity index is 1.10. The average molecular weight is 691 g/mol. The molecule has 0 aromatic heterocycles. The van der Waals surface area contributed by atoms with E-state index in [1.807, 2.05) is 0 Å². The normalized spacial score (nSPS) is 11.0. The largest absolute Gasteiger partial charge is 0.311 e. The van der Waals surface area contributed by atoms with Crippen LogP contribution in [0.1, 0.15) is 56.2 Å². The van der Waals surface area contributed by atoms with E-state index in [0.717, 1.165) is 35.6 Å². The molecule has 0 spiro atoms. The molecule has 0 saturated heterocycles. The standard InChI is InChI=1S/C51H50N2/c1-4-6-11-40-17-31-48(32-18-40)52(46-13-9-8-10-14-46)50-35-25-44(26-36-50)42-21-23-43(24-22-42)45-27-37-51(38-28-45)53(47-29-15-39(3)16-30-47)49-33-19-41(20-34-49)12-7-5-2/h8-10,13-38H,4-7,11-12H2,1-3H3. The minimum absolute atomic E-state index is 1.13. The molecule has 7 aromatic rings. The molecule has 2 nitrogen and oxygen atoms in total. The van der Waals surface area contributed by atoms with Crippen molar-refractivity contribution in [3.63, 3.8) is 0 Å². The van der Waals surface area contributed by atoms with Crippen molar-refractivity contribution < 1.29 is 0 Å². The Morgan fingerprint density at radius 2 is 0.604 bits per heavy atom. The molecule has 0 saturated carbocycles. The van der Waals surface area contributed by atoms with Gasteiger partial charge in [-0.3, -0.25) is 0 Å². The fourth-order valence-electron chi connectivity index (χ4n) is 7.01. The van der Waals surface area contributed by atoms with Crippen molar-refractivity contribution >= 4 is 34.1 Å². The van der Waals surface area contributed by atoms with Gasteiger partial charge in [-0.2, -0.15) is 0 Å². The SMILES string of the molecule is CCCCc1ccc(N(c2ccccc2)c2ccc(-c3ccc(-c4ccc(N(c5ccc(C)cc5)c5ccc(CCCC)cc5)cc4)cc3)cc2)cc1. The lowest BCUT2D eigenvalue weighted by Gasteiger charge is -2.26. The quantitative estimate of drug-likeness (QED) is 0.112. The maximum atomic E-state index is 2.35. The molecule has 0 aliphatic heterocycles. The highest BCUT2D eigenvalue weighted by atomic mass is 15.1. The Hall–Kier alpha value is -5.86. The van der Waals surface area contributed by atoms with Gasteiger partial charge in [0.25, 0.3) is 0 Å². The highest BCUT2D eigenvalue weighted by Crippen LogP contribution is 2.38. The molecule has 0 bridgehead atoms. The second kappa shape index (κ2) is 17.1. The van der Waals surface area contributed by atoms with Gasteiger partial charge in [-0.05, 0) is 139 Å². The lowest BCUT2D eigenvalue weighted by atomic mass is 9.99. The molecule has 0 unspecified atom stereocenters. The Bertz CT molecular complexity index is 2150. The van der Waals surface area contributed by atoms with Crippen LogP contribution in [0.4, 0.5) is 34.1 Å². The number of hydrogen-bond donors (Lipinski definition) is 0.